The second-order valence-electron chi connectivity index (χ2n) is 6.29. The topological polar surface area (TPSA) is 50.4 Å². The standard InChI is InChI=1S/C22H24N2O2/c1-3-16(2)26-19-11-7-10-18(14-19)23-15-22(25)24-21-13-6-9-17-8-4-5-12-20(17)21/h4-14,16,23H,3,15H2,1-2H3,(H,24,25). The Bertz CT molecular complexity index is 887. The third-order valence-electron chi connectivity index (χ3n) is 4.26. The van der Waals surface area contributed by atoms with Gasteiger partial charge in [-0.2, -0.15) is 0 Å². The summed E-state index contributed by atoms with van der Waals surface area (Å²) in [5, 5.41) is 8.27. The Morgan fingerprint density at radius 2 is 1.81 bits per heavy atom. The maximum atomic E-state index is 12.3. The maximum absolute atomic E-state index is 12.3. The van der Waals surface area contributed by atoms with E-state index in [2.05, 4.69) is 17.6 Å². The van der Waals surface area contributed by atoms with E-state index in [-0.39, 0.29) is 18.6 Å². The van der Waals surface area contributed by atoms with Crippen LogP contribution in [0.5, 0.6) is 5.75 Å². The Balaban J connectivity index is 1.61. The van der Waals surface area contributed by atoms with E-state index in [1.807, 2.05) is 73.7 Å². The Morgan fingerprint density at radius 3 is 2.65 bits per heavy atom. The van der Waals surface area contributed by atoms with E-state index in [4.69, 9.17) is 4.74 Å². The first-order chi connectivity index (χ1) is 12.7. The van der Waals surface area contributed by atoms with E-state index in [9.17, 15) is 4.79 Å². The number of nitrogens with one attached hydrogen (secondary N) is 2. The Morgan fingerprint density at radius 1 is 1.04 bits per heavy atom. The highest BCUT2D eigenvalue weighted by Crippen LogP contribution is 2.23. The SMILES string of the molecule is CCC(C)Oc1cccc(NCC(=O)Nc2cccc3ccccc23)c1. The van der Waals surface area contributed by atoms with Crippen molar-refractivity contribution in [1.29, 1.82) is 0 Å². The van der Waals surface area contributed by atoms with Crippen molar-refractivity contribution >= 4 is 28.1 Å². The van der Waals surface area contributed by atoms with Crippen molar-refractivity contribution in [2.24, 2.45) is 0 Å². The molecule has 3 aromatic carbocycles. The predicted molar refractivity (Wildman–Crippen MR) is 108 cm³/mol. The van der Waals surface area contributed by atoms with Gasteiger partial charge in [0.2, 0.25) is 5.91 Å². The average Bonchev–Trinajstić information content (AvgIpc) is 2.67. The van der Waals surface area contributed by atoms with Gasteiger partial charge >= 0.3 is 0 Å². The number of benzene rings is 3. The van der Waals surface area contributed by atoms with E-state index in [1.165, 1.54) is 0 Å². The summed E-state index contributed by atoms with van der Waals surface area (Å²) in [4.78, 5) is 12.3. The van der Waals surface area contributed by atoms with Crippen molar-refractivity contribution in [3.05, 3.63) is 66.7 Å². The van der Waals surface area contributed by atoms with Crippen LogP contribution in [0.2, 0.25) is 0 Å². The number of rotatable bonds is 7. The summed E-state index contributed by atoms with van der Waals surface area (Å²) in [7, 11) is 0. The zero-order valence-corrected chi connectivity index (χ0v) is 15.2. The highest BCUT2D eigenvalue weighted by atomic mass is 16.5. The van der Waals surface area contributed by atoms with Gasteiger partial charge in [0.25, 0.3) is 0 Å². The molecule has 134 valence electrons. The van der Waals surface area contributed by atoms with Crippen LogP contribution in [-0.2, 0) is 4.79 Å². The highest BCUT2D eigenvalue weighted by Gasteiger charge is 2.07. The van der Waals surface area contributed by atoms with Crippen molar-refractivity contribution in [3.63, 3.8) is 0 Å². The Kier molecular flexibility index (Phi) is 5.74. The van der Waals surface area contributed by atoms with Crippen LogP contribution in [0.3, 0.4) is 0 Å². The quantitative estimate of drug-likeness (QED) is 0.627. The number of hydrogen-bond acceptors (Lipinski definition) is 3. The second kappa shape index (κ2) is 8.39. The molecule has 0 aromatic heterocycles. The largest absolute Gasteiger partial charge is 0.491 e. The van der Waals surface area contributed by atoms with Gasteiger partial charge in [0.05, 0.1) is 12.6 Å². The molecule has 26 heavy (non-hydrogen) atoms. The number of ether oxygens (including phenoxy) is 1. The minimum atomic E-state index is -0.0883. The molecule has 0 fully saturated rings. The smallest absolute Gasteiger partial charge is 0.243 e. The lowest BCUT2D eigenvalue weighted by molar-refractivity contribution is -0.114. The zero-order chi connectivity index (χ0) is 18.4. The van der Waals surface area contributed by atoms with Crippen molar-refractivity contribution in [3.8, 4) is 5.75 Å². The first-order valence-corrected chi connectivity index (χ1v) is 8.94. The summed E-state index contributed by atoms with van der Waals surface area (Å²) in [5.74, 6) is 0.716. The molecule has 4 heteroatoms. The molecule has 0 spiro atoms. The van der Waals surface area contributed by atoms with Gasteiger partial charge in [-0.3, -0.25) is 4.79 Å². The number of amides is 1. The number of anilines is 2. The van der Waals surface area contributed by atoms with Crippen molar-refractivity contribution < 1.29 is 9.53 Å². The van der Waals surface area contributed by atoms with Gasteiger partial charge in [-0.15, -0.1) is 0 Å². The minimum Gasteiger partial charge on any atom is -0.491 e. The molecule has 1 amide bonds. The molecule has 2 N–H and O–H groups in total. The third-order valence-corrected chi connectivity index (χ3v) is 4.26. The molecule has 3 aromatic rings. The van der Waals surface area contributed by atoms with Gasteiger partial charge in [-0.25, -0.2) is 0 Å². The molecular weight excluding hydrogens is 324 g/mol. The first-order valence-electron chi connectivity index (χ1n) is 8.94. The Labute approximate surface area is 154 Å². The lowest BCUT2D eigenvalue weighted by Crippen LogP contribution is -2.21. The lowest BCUT2D eigenvalue weighted by Gasteiger charge is -2.14. The van der Waals surface area contributed by atoms with E-state index in [0.717, 1.165) is 34.3 Å². The van der Waals surface area contributed by atoms with Crippen molar-refractivity contribution in [2.45, 2.75) is 26.4 Å². The predicted octanol–water partition coefficient (Wildman–Crippen LogP) is 5.07. The van der Waals surface area contributed by atoms with Gasteiger partial charge in [0.15, 0.2) is 0 Å². The normalized spacial score (nSPS) is 11.8. The van der Waals surface area contributed by atoms with E-state index in [1.54, 1.807) is 0 Å². The molecule has 3 rings (SSSR count). The molecule has 1 unspecified atom stereocenters. The summed E-state index contributed by atoms with van der Waals surface area (Å²) < 4.78 is 5.81. The molecule has 0 heterocycles. The van der Waals surface area contributed by atoms with Gasteiger partial charge in [-0.1, -0.05) is 49.4 Å². The fourth-order valence-corrected chi connectivity index (χ4v) is 2.71. The van der Waals surface area contributed by atoms with Crippen LogP contribution in [0.4, 0.5) is 11.4 Å². The summed E-state index contributed by atoms with van der Waals surface area (Å²) in [5.41, 5.74) is 1.68. The summed E-state index contributed by atoms with van der Waals surface area (Å²) >= 11 is 0. The second-order valence-corrected chi connectivity index (χ2v) is 6.29. The fraction of sp³-hybridized carbons (Fsp3) is 0.227. The fourth-order valence-electron chi connectivity index (χ4n) is 2.71. The molecule has 0 aliphatic heterocycles. The summed E-state index contributed by atoms with van der Waals surface area (Å²) in [6, 6.07) is 21.6. The van der Waals surface area contributed by atoms with Crippen molar-refractivity contribution in [2.75, 3.05) is 17.2 Å². The zero-order valence-electron chi connectivity index (χ0n) is 15.2. The maximum Gasteiger partial charge on any atom is 0.243 e. The van der Waals surface area contributed by atoms with Crippen LogP contribution in [0.25, 0.3) is 10.8 Å². The number of fused-ring (bicyclic) bond motifs is 1. The van der Waals surface area contributed by atoms with E-state index in [0.29, 0.717) is 0 Å². The van der Waals surface area contributed by atoms with Crippen LogP contribution in [-0.4, -0.2) is 18.6 Å². The summed E-state index contributed by atoms with van der Waals surface area (Å²) in [6.45, 7) is 4.32. The molecule has 0 aliphatic rings. The number of carbonyl (C=O) groups excluding carboxylic acids is 1. The molecule has 0 bridgehead atoms. The molecular formula is C22H24N2O2. The first kappa shape index (κ1) is 17.8. The van der Waals surface area contributed by atoms with Gasteiger partial charge in [-0.05, 0) is 36.9 Å². The van der Waals surface area contributed by atoms with Gasteiger partial charge in [0.1, 0.15) is 5.75 Å². The van der Waals surface area contributed by atoms with Crippen LogP contribution in [0, 0.1) is 0 Å². The van der Waals surface area contributed by atoms with Crippen molar-refractivity contribution in [1.82, 2.24) is 0 Å². The minimum absolute atomic E-state index is 0.0883. The number of carbonyl (C=O) groups is 1. The molecule has 0 aliphatic carbocycles. The third kappa shape index (κ3) is 4.54. The number of hydrogen-bond donors (Lipinski definition) is 2. The molecule has 0 saturated carbocycles. The van der Waals surface area contributed by atoms with Crippen LogP contribution < -0.4 is 15.4 Å². The average molecular weight is 348 g/mol. The molecule has 4 nitrogen and oxygen atoms in total. The van der Waals surface area contributed by atoms with Gasteiger partial charge in [0, 0.05) is 22.8 Å². The van der Waals surface area contributed by atoms with Crippen LogP contribution >= 0.6 is 0 Å². The van der Waals surface area contributed by atoms with E-state index >= 15 is 0 Å². The molecule has 1 atom stereocenters. The lowest BCUT2D eigenvalue weighted by atomic mass is 10.1. The van der Waals surface area contributed by atoms with Crippen LogP contribution in [0.1, 0.15) is 20.3 Å². The van der Waals surface area contributed by atoms with E-state index < -0.39 is 0 Å². The van der Waals surface area contributed by atoms with Gasteiger partial charge < -0.3 is 15.4 Å². The molecule has 0 radical (unpaired) electrons. The highest BCUT2D eigenvalue weighted by molar-refractivity contribution is 6.03. The monoisotopic (exact) mass is 348 g/mol. The van der Waals surface area contributed by atoms with Crippen LogP contribution in [0.15, 0.2) is 66.7 Å². The Hall–Kier alpha value is -3.01. The summed E-state index contributed by atoms with van der Waals surface area (Å²) in [6.07, 6.45) is 1.12. The molecule has 0 saturated heterocycles.